The van der Waals surface area contributed by atoms with Crippen molar-refractivity contribution in [3.05, 3.63) is 124 Å². The van der Waals surface area contributed by atoms with Crippen LogP contribution in [0.3, 0.4) is 0 Å². The van der Waals surface area contributed by atoms with Gasteiger partial charge in [-0.15, -0.1) is 11.5 Å². The van der Waals surface area contributed by atoms with Crippen LogP contribution in [0.1, 0.15) is 71.3 Å². The molecule has 0 aliphatic heterocycles. The predicted octanol–water partition coefficient (Wildman–Crippen LogP) is 8.61. The molecule has 0 aromatic heterocycles. The Labute approximate surface area is 205 Å². The number of hydrogen-bond acceptors (Lipinski definition) is 1. The number of Topliss-reactive ketones (excluding diaryl/α,β-unsaturated/α-hetero) is 1. The lowest BCUT2D eigenvalue weighted by Crippen LogP contribution is -2.19. The molecule has 0 heterocycles. The third-order valence-corrected chi connectivity index (χ3v) is 7.06. The largest absolute Gasteiger partial charge is 0.295 e. The van der Waals surface area contributed by atoms with E-state index in [9.17, 15) is 4.79 Å². The van der Waals surface area contributed by atoms with Gasteiger partial charge >= 0.3 is 0 Å². The van der Waals surface area contributed by atoms with Crippen molar-refractivity contribution in [2.75, 3.05) is 0 Å². The number of carbonyl (C=O) groups is 1. The fourth-order valence-electron chi connectivity index (χ4n) is 4.79. The third kappa shape index (κ3) is 5.75. The van der Waals surface area contributed by atoms with E-state index in [1.54, 1.807) is 6.92 Å². The first-order valence-electron chi connectivity index (χ1n) is 12.0. The molecule has 0 spiro atoms. The van der Waals surface area contributed by atoms with Crippen LogP contribution >= 0.6 is 0 Å². The van der Waals surface area contributed by atoms with Gasteiger partial charge in [0.25, 0.3) is 0 Å². The highest BCUT2D eigenvalue weighted by molar-refractivity contribution is 5.94. The van der Waals surface area contributed by atoms with Crippen molar-refractivity contribution in [1.29, 1.82) is 0 Å². The van der Waals surface area contributed by atoms with Crippen molar-refractivity contribution < 1.29 is 4.79 Å². The summed E-state index contributed by atoms with van der Waals surface area (Å²) in [5.74, 6) is 0.0985. The first-order valence-corrected chi connectivity index (χ1v) is 12.0. The van der Waals surface area contributed by atoms with Gasteiger partial charge in [-0.1, -0.05) is 74.7 Å². The van der Waals surface area contributed by atoms with Gasteiger partial charge in [0.1, 0.15) is 0 Å². The Kier molecular flexibility index (Phi) is 7.95. The van der Waals surface area contributed by atoms with Crippen molar-refractivity contribution in [2.45, 2.75) is 60.3 Å². The van der Waals surface area contributed by atoms with E-state index in [4.69, 9.17) is 0 Å². The van der Waals surface area contributed by atoms with E-state index in [2.05, 4.69) is 94.8 Å². The maximum absolute atomic E-state index is 11.5. The number of hydrogen-bond donors (Lipinski definition) is 0. The average Bonchev–Trinajstić information content (AvgIpc) is 2.80. The zero-order chi connectivity index (χ0) is 24.9. The van der Waals surface area contributed by atoms with E-state index in [-0.39, 0.29) is 11.2 Å². The highest BCUT2D eigenvalue weighted by Gasteiger charge is 2.28. The molecule has 0 radical (unpaired) electrons. The van der Waals surface area contributed by atoms with Crippen LogP contribution in [0.15, 0.2) is 90.4 Å². The lowest BCUT2D eigenvalue weighted by Gasteiger charge is -2.31. The van der Waals surface area contributed by atoms with E-state index in [0.717, 1.165) is 36.8 Å². The molecule has 34 heavy (non-hydrogen) atoms. The number of rotatable bonds is 8. The quantitative estimate of drug-likeness (QED) is 0.292. The second-order valence-corrected chi connectivity index (χ2v) is 9.74. The summed E-state index contributed by atoms with van der Waals surface area (Å²) in [6.07, 6.45) is 10.4. The molecule has 1 nitrogen and oxygen atoms in total. The molecule has 1 aliphatic rings. The van der Waals surface area contributed by atoms with Crippen LogP contribution in [0.2, 0.25) is 0 Å². The van der Waals surface area contributed by atoms with Crippen molar-refractivity contribution in [3.8, 4) is 0 Å². The van der Waals surface area contributed by atoms with E-state index in [0.29, 0.717) is 0 Å². The summed E-state index contributed by atoms with van der Waals surface area (Å²) in [6.45, 7) is 18.4. The molecule has 0 saturated carbocycles. The SMILES string of the molecule is C=C=C(CC1=CC(C)(C(=C=C)CCc2ccc(C(C)=O)cc2)CC=C1)c1cc(C)c(C)cc1C. The van der Waals surface area contributed by atoms with Crippen LogP contribution < -0.4 is 0 Å². The van der Waals surface area contributed by atoms with Gasteiger partial charge in [-0.05, 0) is 85.9 Å². The van der Waals surface area contributed by atoms with Crippen molar-refractivity contribution in [2.24, 2.45) is 5.41 Å². The fourth-order valence-corrected chi connectivity index (χ4v) is 4.79. The van der Waals surface area contributed by atoms with Gasteiger partial charge in [-0.25, -0.2) is 0 Å². The van der Waals surface area contributed by atoms with Gasteiger partial charge < -0.3 is 0 Å². The monoisotopic (exact) mass is 448 g/mol. The molecule has 3 rings (SSSR count). The second-order valence-electron chi connectivity index (χ2n) is 9.74. The fraction of sp³-hybridized carbons (Fsp3) is 0.303. The van der Waals surface area contributed by atoms with Crippen LogP contribution in [-0.2, 0) is 6.42 Å². The van der Waals surface area contributed by atoms with Gasteiger partial charge in [-0.2, -0.15) is 0 Å². The summed E-state index contributed by atoms with van der Waals surface area (Å²) >= 11 is 0. The highest BCUT2D eigenvalue weighted by atomic mass is 16.1. The van der Waals surface area contributed by atoms with E-state index >= 15 is 0 Å². The number of allylic oxidation sites excluding steroid dienone is 6. The van der Waals surface area contributed by atoms with Crippen LogP contribution in [0.5, 0.6) is 0 Å². The Hall–Kier alpha value is -3.37. The molecule has 0 fully saturated rings. The summed E-state index contributed by atoms with van der Waals surface area (Å²) in [5.41, 5.74) is 17.1. The molecule has 174 valence electrons. The van der Waals surface area contributed by atoms with Crippen LogP contribution in [0.25, 0.3) is 5.57 Å². The zero-order valence-electron chi connectivity index (χ0n) is 21.3. The molecule has 1 aliphatic carbocycles. The minimum absolute atomic E-state index is 0.0985. The Morgan fingerprint density at radius 1 is 1.00 bits per heavy atom. The molecule has 2 aromatic carbocycles. The molecule has 0 saturated heterocycles. The highest BCUT2D eigenvalue weighted by Crippen LogP contribution is 2.41. The number of ketones is 1. The Morgan fingerprint density at radius 2 is 1.68 bits per heavy atom. The van der Waals surface area contributed by atoms with Crippen molar-refractivity contribution in [1.82, 2.24) is 0 Å². The minimum Gasteiger partial charge on any atom is -0.295 e. The molecule has 1 unspecified atom stereocenters. The van der Waals surface area contributed by atoms with Gasteiger partial charge in [0, 0.05) is 23.0 Å². The Bertz CT molecular complexity index is 1250. The van der Waals surface area contributed by atoms with E-state index in [1.807, 2.05) is 12.1 Å². The molecule has 1 atom stereocenters. The maximum Gasteiger partial charge on any atom is 0.159 e. The summed E-state index contributed by atoms with van der Waals surface area (Å²) in [5, 5.41) is 0. The third-order valence-electron chi connectivity index (χ3n) is 7.06. The normalized spacial score (nSPS) is 16.9. The average molecular weight is 449 g/mol. The van der Waals surface area contributed by atoms with Gasteiger partial charge in [0.15, 0.2) is 5.78 Å². The van der Waals surface area contributed by atoms with Gasteiger partial charge in [-0.3, -0.25) is 4.79 Å². The summed E-state index contributed by atoms with van der Waals surface area (Å²) in [6, 6.07) is 12.4. The Morgan fingerprint density at radius 3 is 2.29 bits per heavy atom. The molecule has 0 bridgehead atoms. The first kappa shape index (κ1) is 25.3. The minimum atomic E-state index is -0.115. The lowest BCUT2D eigenvalue weighted by molar-refractivity contribution is 0.101. The van der Waals surface area contributed by atoms with Crippen LogP contribution in [-0.4, -0.2) is 5.78 Å². The summed E-state index contributed by atoms with van der Waals surface area (Å²) < 4.78 is 0. The number of carbonyl (C=O) groups excluding carboxylic acids is 1. The van der Waals surface area contributed by atoms with Crippen molar-refractivity contribution >= 4 is 11.4 Å². The van der Waals surface area contributed by atoms with E-state index in [1.165, 1.54) is 39.0 Å². The molecule has 2 aromatic rings. The number of benzene rings is 2. The van der Waals surface area contributed by atoms with Gasteiger partial charge in [0.05, 0.1) is 0 Å². The topological polar surface area (TPSA) is 17.1 Å². The van der Waals surface area contributed by atoms with E-state index < -0.39 is 0 Å². The second kappa shape index (κ2) is 10.7. The molecular weight excluding hydrogens is 412 g/mol. The molecular formula is C33H36O. The van der Waals surface area contributed by atoms with Crippen LogP contribution in [0, 0.1) is 26.2 Å². The maximum atomic E-state index is 11.5. The first-order chi connectivity index (χ1) is 16.2. The van der Waals surface area contributed by atoms with Crippen molar-refractivity contribution in [3.63, 3.8) is 0 Å². The van der Waals surface area contributed by atoms with Crippen LogP contribution in [0.4, 0.5) is 0 Å². The zero-order valence-corrected chi connectivity index (χ0v) is 21.3. The summed E-state index contributed by atoms with van der Waals surface area (Å²) in [4.78, 5) is 11.5. The number of aryl methyl sites for hydroxylation is 4. The lowest BCUT2D eigenvalue weighted by atomic mass is 9.73. The molecule has 1 heteroatoms. The standard InChI is InChI=1S/C33H36O/c1-8-29(32-20-24(4)23(3)19-25(32)5)21-28-11-10-18-33(7,22-28)31(9-2)17-14-27-12-15-30(16-13-27)26(6)34/h10-13,15-16,19-20,22H,1-2,14,17-18,21H2,3-7H3. The smallest absolute Gasteiger partial charge is 0.159 e. The molecule has 0 amide bonds. The van der Waals surface area contributed by atoms with Gasteiger partial charge in [0.2, 0.25) is 0 Å². The molecule has 0 N–H and O–H groups in total. The predicted molar refractivity (Wildman–Crippen MR) is 145 cm³/mol. The summed E-state index contributed by atoms with van der Waals surface area (Å²) in [7, 11) is 0. The Balaban J connectivity index is 1.79.